The van der Waals surface area contributed by atoms with Crippen LogP contribution in [0.2, 0.25) is 0 Å². The number of nitrogens with zero attached hydrogens (tertiary/aromatic N) is 4. The predicted molar refractivity (Wildman–Crippen MR) is 250 cm³/mol. The smallest absolute Gasteiger partial charge is 0.326 e. The lowest BCUT2D eigenvalue weighted by molar-refractivity contribution is -0.147. The number of amides is 7. The van der Waals surface area contributed by atoms with Crippen LogP contribution in [0.5, 0.6) is 0 Å². The molecule has 2 aliphatic rings. The molecule has 2 saturated heterocycles. The van der Waals surface area contributed by atoms with E-state index in [9.17, 15) is 47.9 Å². The zero-order chi connectivity index (χ0) is 50.1. The van der Waals surface area contributed by atoms with E-state index in [0.29, 0.717) is 50.6 Å². The van der Waals surface area contributed by atoms with Gasteiger partial charge in [-0.1, -0.05) is 59.6 Å². The number of imide groups is 1. The lowest BCUT2D eigenvalue weighted by Gasteiger charge is -2.39. The highest BCUT2D eigenvalue weighted by molar-refractivity contribution is 8.00. The number of thioether (sulfide) groups is 1. The van der Waals surface area contributed by atoms with Gasteiger partial charge in [-0.25, -0.2) is 9.18 Å². The number of carbonyl (C=O) groups is 8. The molecule has 20 heteroatoms. The first kappa shape index (κ1) is 56.7. The minimum atomic E-state index is -1.28. The second kappa shape index (κ2) is 27.4. The molecule has 1 unspecified atom stereocenters. The molecule has 376 valence electrons. The topological polar surface area (TPSA) is 238 Å². The van der Waals surface area contributed by atoms with Crippen LogP contribution in [0.15, 0.2) is 24.3 Å². The second-order valence-corrected chi connectivity index (χ2v) is 19.2. The Hall–Kier alpha value is -4.66. The third-order valence-electron chi connectivity index (χ3n) is 13.2. The van der Waals surface area contributed by atoms with Crippen molar-refractivity contribution < 1.29 is 57.3 Å². The number of aliphatic carboxylic acids is 1. The Labute approximate surface area is 398 Å². The molecule has 1 aromatic rings. The maximum Gasteiger partial charge on any atom is 0.326 e. The number of carboxylic acid groups (broad SMARTS) is 1. The minimum absolute atomic E-state index is 0.0640. The number of likely N-dealkylation sites (tertiary alicyclic amines) is 2. The maximum atomic E-state index is 14.2. The van der Waals surface area contributed by atoms with Crippen LogP contribution >= 0.6 is 11.8 Å². The Morgan fingerprint density at radius 2 is 1.63 bits per heavy atom. The molecule has 3 rings (SSSR count). The Morgan fingerprint density at radius 3 is 2.21 bits per heavy atom. The number of rotatable bonds is 28. The first-order valence-corrected chi connectivity index (χ1v) is 24.3. The molecule has 7 amide bonds. The number of ether oxygens (including phenoxy) is 2. The van der Waals surface area contributed by atoms with E-state index >= 15 is 0 Å². The fourth-order valence-corrected chi connectivity index (χ4v) is 9.95. The zero-order valence-electron chi connectivity index (χ0n) is 40.7. The SMILES string of the molecule is CC[C@H](C)[C@@H]([C@@H](CC(=O)N1CCC[C@H]1[C@H](OC)[C@@H](C)C(=O)N[C@@H](Cc1ccc(F)cc1)C(=O)O)OC)N(C)C(=O)CNC(=O)[C@H](C(C)C)N(C)C(=O)CCCCCN1C(=O)CC(SCN)C1=O. The monoisotopic (exact) mass is 964 g/mol. The highest BCUT2D eigenvalue weighted by Crippen LogP contribution is 2.30. The molecule has 0 bridgehead atoms. The molecule has 18 nitrogen and oxygen atoms in total. The summed E-state index contributed by atoms with van der Waals surface area (Å²) in [6.45, 7) is 9.44. The van der Waals surface area contributed by atoms with E-state index in [-0.39, 0.29) is 80.1 Å². The Morgan fingerprint density at radius 1 is 0.955 bits per heavy atom. The molecule has 0 saturated carbocycles. The quantitative estimate of drug-likeness (QED) is 0.0538. The van der Waals surface area contributed by atoms with Gasteiger partial charge < -0.3 is 45.6 Å². The van der Waals surface area contributed by atoms with Crippen LogP contribution in [-0.4, -0.2) is 167 Å². The fourth-order valence-electron chi connectivity index (χ4n) is 9.19. The Bertz CT molecular complexity index is 1860. The van der Waals surface area contributed by atoms with Crippen molar-refractivity contribution in [2.24, 2.45) is 23.5 Å². The number of hydrogen-bond acceptors (Lipinski definition) is 12. The van der Waals surface area contributed by atoms with Gasteiger partial charge in [-0.15, -0.1) is 11.8 Å². The number of likely N-dealkylation sites (N-methyl/N-ethyl adjacent to an activating group) is 2. The van der Waals surface area contributed by atoms with Gasteiger partial charge >= 0.3 is 5.97 Å². The van der Waals surface area contributed by atoms with Crippen molar-refractivity contribution in [3.8, 4) is 0 Å². The van der Waals surface area contributed by atoms with E-state index in [1.165, 1.54) is 64.9 Å². The minimum Gasteiger partial charge on any atom is -0.480 e. The van der Waals surface area contributed by atoms with E-state index in [4.69, 9.17) is 15.2 Å². The molecule has 0 aliphatic carbocycles. The highest BCUT2D eigenvalue weighted by Gasteiger charge is 2.43. The second-order valence-electron chi connectivity index (χ2n) is 18.0. The lowest BCUT2D eigenvalue weighted by Crippen LogP contribution is -2.56. The molecule has 2 fully saturated rings. The van der Waals surface area contributed by atoms with Crippen LogP contribution in [0, 0.1) is 23.6 Å². The molecule has 67 heavy (non-hydrogen) atoms. The number of methoxy groups -OCH3 is 2. The number of unbranched alkanes of at least 4 members (excludes halogenated alkanes) is 2. The first-order valence-electron chi connectivity index (χ1n) is 23.3. The van der Waals surface area contributed by atoms with Crippen molar-refractivity contribution >= 4 is 59.1 Å². The Kier molecular flexibility index (Phi) is 23.1. The first-order chi connectivity index (χ1) is 31.7. The van der Waals surface area contributed by atoms with Gasteiger partial charge in [0.05, 0.1) is 48.4 Å². The van der Waals surface area contributed by atoms with E-state index in [1.54, 1.807) is 25.9 Å². The molecule has 0 aromatic heterocycles. The standard InChI is InChI=1S/C47H74FN7O11S/c1-10-29(4)42(53(7)40(59)26-50-45(61)41(28(2)3)52(6)37(56)16-12-11-13-21-55-39(58)25-36(46(55)62)67-27-49)35(65-8)24-38(57)54-22-14-15-34(54)43(66-9)30(5)44(60)51-33(47(63)64)23-31-17-19-32(48)20-18-31/h17-20,28-30,33-36,41-43H,10-16,21-27,49H2,1-9H3,(H,50,61)(H,51,60)(H,63,64)/t29-,30+,33-,34-,35+,36?,41-,42-,43+/m0/s1. The van der Waals surface area contributed by atoms with Gasteiger partial charge in [0.25, 0.3) is 0 Å². The summed E-state index contributed by atoms with van der Waals surface area (Å²) in [5.41, 5.74) is 6.07. The fraction of sp³-hybridized carbons (Fsp3) is 0.702. The summed E-state index contributed by atoms with van der Waals surface area (Å²) in [4.78, 5) is 111. The molecule has 2 heterocycles. The molecular formula is C47H74FN7O11S. The van der Waals surface area contributed by atoms with Crippen molar-refractivity contribution in [1.82, 2.24) is 30.2 Å². The summed E-state index contributed by atoms with van der Waals surface area (Å²) in [6, 6.07) is 2.10. The number of benzene rings is 1. The number of halogens is 1. The van der Waals surface area contributed by atoms with Crippen molar-refractivity contribution in [3.05, 3.63) is 35.6 Å². The average molecular weight is 964 g/mol. The Balaban J connectivity index is 1.60. The van der Waals surface area contributed by atoms with Gasteiger partial charge in [-0.3, -0.25) is 38.5 Å². The van der Waals surface area contributed by atoms with Gasteiger partial charge in [-0.05, 0) is 55.2 Å². The van der Waals surface area contributed by atoms with E-state index in [0.717, 1.165) is 0 Å². The van der Waals surface area contributed by atoms with Crippen molar-refractivity contribution in [3.63, 3.8) is 0 Å². The normalized spacial score (nSPS) is 19.3. The third kappa shape index (κ3) is 15.7. The summed E-state index contributed by atoms with van der Waals surface area (Å²) < 4.78 is 25.2. The van der Waals surface area contributed by atoms with Crippen molar-refractivity contribution in [2.45, 2.75) is 140 Å². The number of carboxylic acids is 1. The maximum absolute atomic E-state index is 14.2. The number of carbonyl (C=O) groups excluding carboxylic acids is 7. The summed E-state index contributed by atoms with van der Waals surface area (Å²) in [6.07, 6.45) is 2.03. The average Bonchev–Trinajstić information content (AvgIpc) is 3.88. The third-order valence-corrected chi connectivity index (χ3v) is 14.1. The number of hydrogen-bond donors (Lipinski definition) is 4. The van der Waals surface area contributed by atoms with Crippen LogP contribution in [0.1, 0.15) is 98.0 Å². The van der Waals surface area contributed by atoms with Crippen LogP contribution in [-0.2, 0) is 54.3 Å². The van der Waals surface area contributed by atoms with Gasteiger partial charge in [0, 0.05) is 66.5 Å². The zero-order valence-corrected chi connectivity index (χ0v) is 41.5. The summed E-state index contributed by atoms with van der Waals surface area (Å²) >= 11 is 1.25. The largest absolute Gasteiger partial charge is 0.480 e. The summed E-state index contributed by atoms with van der Waals surface area (Å²) in [5.74, 6) is -5.22. The van der Waals surface area contributed by atoms with Gasteiger partial charge in [0.1, 0.15) is 17.9 Å². The summed E-state index contributed by atoms with van der Waals surface area (Å²) in [7, 11) is 6.06. The molecule has 9 atom stereocenters. The predicted octanol–water partition coefficient (Wildman–Crippen LogP) is 2.79. The van der Waals surface area contributed by atoms with E-state index in [2.05, 4.69) is 10.6 Å². The van der Waals surface area contributed by atoms with Crippen LogP contribution in [0.4, 0.5) is 4.39 Å². The number of nitrogens with one attached hydrogen (secondary N) is 2. The molecule has 0 radical (unpaired) electrons. The summed E-state index contributed by atoms with van der Waals surface area (Å²) in [5, 5.41) is 14.8. The lowest BCUT2D eigenvalue weighted by atomic mass is 9.90. The van der Waals surface area contributed by atoms with Crippen LogP contribution in [0.3, 0.4) is 0 Å². The van der Waals surface area contributed by atoms with Gasteiger partial charge in [-0.2, -0.15) is 0 Å². The van der Waals surface area contributed by atoms with Crippen molar-refractivity contribution in [2.75, 3.05) is 53.8 Å². The van der Waals surface area contributed by atoms with E-state index in [1.807, 2.05) is 27.7 Å². The van der Waals surface area contributed by atoms with Gasteiger partial charge in [0.2, 0.25) is 41.4 Å². The molecule has 0 spiro atoms. The highest BCUT2D eigenvalue weighted by atomic mass is 32.2. The molecule has 1 aromatic carbocycles. The van der Waals surface area contributed by atoms with Gasteiger partial charge in [0.15, 0.2) is 0 Å². The van der Waals surface area contributed by atoms with Crippen molar-refractivity contribution in [1.29, 1.82) is 0 Å². The number of nitrogens with two attached hydrogens (primary N) is 1. The van der Waals surface area contributed by atoms with E-state index < -0.39 is 77.1 Å². The van der Waals surface area contributed by atoms with Crippen LogP contribution < -0.4 is 16.4 Å². The molecule has 2 aliphatic heterocycles. The molecule has 5 N–H and O–H groups in total. The molecular weight excluding hydrogens is 890 g/mol. The van der Waals surface area contributed by atoms with Crippen LogP contribution in [0.25, 0.3) is 0 Å².